The van der Waals surface area contributed by atoms with Crippen LogP contribution in [-0.4, -0.2) is 13.2 Å². The van der Waals surface area contributed by atoms with E-state index in [1.165, 1.54) is 0 Å². The van der Waals surface area contributed by atoms with E-state index in [4.69, 9.17) is 9.47 Å². The summed E-state index contributed by atoms with van der Waals surface area (Å²) in [6, 6.07) is 0. The van der Waals surface area contributed by atoms with Gasteiger partial charge in [-0.25, -0.2) is 0 Å². The first-order valence-electron chi connectivity index (χ1n) is 4.76. The number of allylic oxidation sites excluding steroid dienone is 1. The average molecular weight is 184 g/mol. The fraction of sp³-hybridized carbons (Fsp3) is 0.636. The molecule has 0 heterocycles. The molecule has 0 N–H and O–H groups in total. The van der Waals surface area contributed by atoms with Gasteiger partial charge in [0.15, 0.2) is 0 Å². The maximum Gasteiger partial charge on any atom is 0.271 e. The predicted molar refractivity (Wildman–Crippen MR) is 55.3 cm³/mol. The fourth-order valence-electron chi connectivity index (χ4n) is 0.677. The van der Waals surface area contributed by atoms with Crippen LogP contribution in [0.5, 0.6) is 0 Å². The number of hydrogen-bond acceptors (Lipinski definition) is 2. The molecule has 0 rings (SSSR count). The van der Waals surface area contributed by atoms with E-state index in [0.717, 1.165) is 6.42 Å². The minimum Gasteiger partial charge on any atom is -0.466 e. The molecule has 0 radical (unpaired) electrons. The highest BCUT2D eigenvalue weighted by molar-refractivity contribution is 4.82. The van der Waals surface area contributed by atoms with Crippen LogP contribution < -0.4 is 0 Å². The van der Waals surface area contributed by atoms with Gasteiger partial charge in [0.1, 0.15) is 6.61 Å². The highest BCUT2D eigenvalue weighted by atomic mass is 16.7. The summed E-state index contributed by atoms with van der Waals surface area (Å²) >= 11 is 0. The van der Waals surface area contributed by atoms with Gasteiger partial charge in [-0.3, -0.25) is 0 Å². The van der Waals surface area contributed by atoms with E-state index >= 15 is 0 Å². The van der Waals surface area contributed by atoms with Crippen LogP contribution in [0, 0.1) is 5.92 Å². The predicted octanol–water partition coefficient (Wildman–Crippen LogP) is 3.11. The van der Waals surface area contributed by atoms with Crippen LogP contribution >= 0.6 is 0 Å². The van der Waals surface area contributed by atoms with Crippen molar-refractivity contribution >= 4 is 0 Å². The Bertz CT molecular complexity index is 159. The maximum absolute atomic E-state index is 5.23. The Hall–Kier alpha value is -0.920. The second kappa shape index (κ2) is 7.71. The molecule has 0 aromatic carbocycles. The van der Waals surface area contributed by atoms with E-state index in [-0.39, 0.29) is 0 Å². The van der Waals surface area contributed by atoms with Gasteiger partial charge in [-0.15, -0.1) is 0 Å². The van der Waals surface area contributed by atoms with E-state index in [9.17, 15) is 0 Å². The first-order valence-corrected chi connectivity index (χ1v) is 4.76. The van der Waals surface area contributed by atoms with E-state index in [2.05, 4.69) is 33.4 Å². The van der Waals surface area contributed by atoms with Crippen molar-refractivity contribution in [2.75, 3.05) is 13.2 Å². The topological polar surface area (TPSA) is 18.5 Å². The van der Waals surface area contributed by atoms with E-state index in [0.29, 0.717) is 25.1 Å². The summed E-state index contributed by atoms with van der Waals surface area (Å²) < 4.78 is 10.4. The summed E-state index contributed by atoms with van der Waals surface area (Å²) in [4.78, 5) is 0. The lowest BCUT2D eigenvalue weighted by Crippen LogP contribution is -2.03. The van der Waals surface area contributed by atoms with Crippen molar-refractivity contribution in [1.82, 2.24) is 0 Å². The molecule has 0 unspecified atom stereocenters. The summed E-state index contributed by atoms with van der Waals surface area (Å²) in [5, 5.41) is 0. The average Bonchev–Trinajstić information content (AvgIpc) is 2.09. The lowest BCUT2D eigenvalue weighted by molar-refractivity contribution is 0.0373. The van der Waals surface area contributed by atoms with E-state index in [1.807, 2.05) is 6.08 Å². The molecule has 0 fully saturated rings. The smallest absolute Gasteiger partial charge is 0.271 e. The summed E-state index contributed by atoms with van der Waals surface area (Å²) in [7, 11) is 0. The van der Waals surface area contributed by atoms with Crippen LogP contribution in [0.15, 0.2) is 24.7 Å². The molecule has 0 aliphatic rings. The van der Waals surface area contributed by atoms with Gasteiger partial charge in [-0.05, 0) is 18.9 Å². The van der Waals surface area contributed by atoms with Crippen LogP contribution in [0.1, 0.15) is 27.2 Å². The minimum atomic E-state index is 0.412. The zero-order valence-corrected chi connectivity index (χ0v) is 8.88. The Labute approximate surface area is 81.2 Å². The monoisotopic (exact) mass is 184 g/mol. The lowest BCUT2D eigenvalue weighted by Gasteiger charge is -2.10. The third-order valence-electron chi connectivity index (χ3n) is 1.32. The third kappa shape index (κ3) is 8.99. The Morgan fingerprint density at radius 1 is 1.31 bits per heavy atom. The van der Waals surface area contributed by atoms with E-state index < -0.39 is 0 Å². The number of rotatable bonds is 7. The van der Waals surface area contributed by atoms with Gasteiger partial charge in [0.05, 0.1) is 6.61 Å². The molecule has 0 atom stereocenters. The van der Waals surface area contributed by atoms with Crippen molar-refractivity contribution in [2.45, 2.75) is 27.2 Å². The minimum absolute atomic E-state index is 0.412. The molecule has 2 heteroatoms. The van der Waals surface area contributed by atoms with Crippen molar-refractivity contribution in [2.24, 2.45) is 5.92 Å². The SMILES string of the molecule is C=C(OC/C=C\CC)OCC(C)C. The normalized spacial score (nSPS) is 10.8. The molecule has 0 saturated carbocycles. The standard InChI is InChI=1S/C11H20O2/c1-5-6-7-8-12-11(4)13-9-10(2)3/h6-7,10H,4-5,8-9H2,1-3H3/b7-6-. The van der Waals surface area contributed by atoms with Crippen LogP contribution in [0.3, 0.4) is 0 Å². The quantitative estimate of drug-likeness (QED) is 0.447. The van der Waals surface area contributed by atoms with Gasteiger partial charge in [0.2, 0.25) is 0 Å². The van der Waals surface area contributed by atoms with Crippen molar-refractivity contribution < 1.29 is 9.47 Å². The molecule has 0 spiro atoms. The van der Waals surface area contributed by atoms with Gasteiger partial charge in [-0.1, -0.05) is 32.9 Å². The molecule has 0 aliphatic heterocycles. The zero-order valence-electron chi connectivity index (χ0n) is 8.88. The Morgan fingerprint density at radius 3 is 2.54 bits per heavy atom. The molecule has 0 aromatic rings. The molecular weight excluding hydrogens is 164 g/mol. The Kier molecular flexibility index (Phi) is 7.17. The summed E-state index contributed by atoms with van der Waals surface area (Å²) in [5.41, 5.74) is 0. The van der Waals surface area contributed by atoms with E-state index in [1.54, 1.807) is 0 Å². The molecule has 0 aromatic heterocycles. The number of ether oxygens (including phenoxy) is 2. The summed E-state index contributed by atoms with van der Waals surface area (Å²) in [5.74, 6) is 0.918. The van der Waals surface area contributed by atoms with Gasteiger partial charge in [-0.2, -0.15) is 0 Å². The van der Waals surface area contributed by atoms with Crippen molar-refractivity contribution in [1.29, 1.82) is 0 Å². The van der Waals surface area contributed by atoms with Gasteiger partial charge >= 0.3 is 0 Å². The fourth-order valence-corrected chi connectivity index (χ4v) is 0.677. The highest BCUT2D eigenvalue weighted by Crippen LogP contribution is 2.01. The van der Waals surface area contributed by atoms with Gasteiger partial charge in [0, 0.05) is 0 Å². The summed E-state index contributed by atoms with van der Waals surface area (Å²) in [6.07, 6.45) is 5.04. The lowest BCUT2D eigenvalue weighted by atomic mass is 10.2. The van der Waals surface area contributed by atoms with Crippen molar-refractivity contribution in [3.05, 3.63) is 24.7 Å². The molecule has 0 saturated heterocycles. The summed E-state index contributed by atoms with van der Waals surface area (Å²) in [6.45, 7) is 11.1. The van der Waals surface area contributed by atoms with Crippen LogP contribution in [0.25, 0.3) is 0 Å². The largest absolute Gasteiger partial charge is 0.466 e. The maximum atomic E-state index is 5.23. The first kappa shape index (κ1) is 12.1. The number of hydrogen-bond donors (Lipinski definition) is 0. The third-order valence-corrected chi connectivity index (χ3v) is 1.32. The van der Waals surface area contributed by atoms with Crippen molar-refractivity contribution in [3.8, 4) is 0 Å². The van der Waals surface area contributed by atoms with Crippen LogP contribution in [0.2, 0.25) is 0 Å². The Morgan fingerprint density at radius 2 is 2.00 bits per heavy atom. The molecule has 2 nitrogen and oxygen atoms in total. The first-order chi connectivity index (χ1) is 6.16. The molecule has 0 bridgehead atoms. The highest BCUT2D eigenvalue weighted by Gasteiger charge is 1.96. The molecule has 13 heavy (non-hydrogen) atoms. The molecule has 0 amide bonds. The molecule has 0 aliphatic carbocycles. The zero-order chi connectivity index (χ0) is 10.1. The van der Waals surface area contributed by atoms with Crippen LogP contribution in [0.4, 0.5) is 0 Å². The van der Waals surface area contributed by atoms with Crippen LogP contribution in [-0.2, 0) is 9.47 Å². The second-order valence-corrected chi connectivity index (χ2v) is 3.27. The van der Waals surface area contributed by atoms with Gasteiger partial charge in [0.25, 0.3) is 5.95 Å². The van der Waals surface area contributed by atoms with Crippen molar-refractivity contribution in [3.63, 3.8) is 0 Å². The molecule has 76 valence electrons. The molecular formula is C11H20O2. The van der Waals surface area contributed by atoms with Gasteiger partial charge < -0.3 is 9.47 Å². The second-order valence-electron chi connectivity index (χ2n) is 3.27. The Balaban J connectivity index is 3.35.